The first-order valence-electron chi connectivity index (χ1n) is 8.05. The summed E-state index contributed by atoms with van der Waals surface area (Å²) in [6.07, 6.45) is 17.9. The smallest absolute Gasteiger partial charge is 0.219 e. The predicted molar refractivity (Wildman–Crippen MR) is 84.3 cm³/mol. The highest BCUT2D eigenvalue weighted by Crippen LogP contribution is 2.10. The maximum absolute atomic E-state index is 11.0. The summed E-state index contributed by atoms with van der Waals surface area (Å²) in [7, 11) is 1.84. The third-order valence-electron chi connectivity index (χ3n) is 3.56. The van der Waals surface area contributed by atoms with Crippen LogP contribution in [0.3, 0.4) is 0 Å². The van der Waals surface area contributed by atoms with Gasteiger partial charge in [0.15, 0.2) is 0 Å². The van der Waals surface area contributed by atoms with Crippen LogP contribution < -0.4 is 0 Å². The summed E-state index contributed by atoms with van der Waals surface area (Å²) >= 11 is 0. The molecule has 19 heavy (non-hydrogen) atoms. The number of amides is 1. The SMILES string of the molecule is CCCCCCCCCCCC=CCN(C)C(C)=O. The van der Waals surface area contributed by atoms with Gasteiger partial charge in [0, 0.05) is 20.5 Å². The number of allylic oxidation sites excluding steroid dienone is 1. The van der Waals surface area contributed by atoms with E-state index in [2.05, 4.69) is 19.1 Å². The van der Waals surface area contributed by atoms with Crippen LogP contribution in [0, 0.1) is 0 Å². The van der Waals surface area contributed by atoms with Crippen LogP contribution in [0.15, 0.2) is 12.2 Å². The van der Waals surface area contributed by atoms with Crippen LogP contribution >= 0.6 is 0 Å². The van der Waals surface area contributed by atoms with Crippen molar-refractivity contribution in [2.75, 3.05) is 13.6 Å². The van der Waals surface area contributed by atoms with Crippen LogP contribution in [-0.2, 0) is 4.79 Å². The van der Waals surface area contributed by atoms with Crippen molar-refractivity contribution in [2.45, 2.75) is 78.1 Å². The van der Waals surface area contributed by atoms with Gasteiger partial charge < -0.3 is 4.90 Å². The fraction of sp³-hybridized carbons (Fsp3) is 0.824. The molecular formula is C17H33NO. The normalized spacial score (nSPS) is 11.1. The molecule has 0 saturated carbocycles. The number of carbonyl (C=O) groups is 1. The van der Waals surface area contributed by atoms with Gasteiger partial charge in [0.2, 0.25) is 5.91 Å². The minimum Gasteiger partial charge on any atom is -0.342 e. The number of unbranched alkanes of at least 4 members (excludes halogenated alkanes) is 9. The van der Waals surface area contributed by atoms with E-state index in [-0.39, 0.29) is 5.91 Å². The van der Waals surface area contributed by atoms with E-state index in [1.54, 1.807) is 11.8 Å². The Morgan fingerprint density at radius 2 is 1.42 bits per heavy atom. The second kappa shape index (κ2) is 13.6. The number of rotatable bonds is 12. The highest BCUT2D eigenvalue weighted by Gasteiger charge is 1.96. The molecule has 0 unspecified atom stereocenters. The Balaban J connectivity index is 3.18. The zero-order chi connectivity index (χ0) is 14.3. The highest BCUT2D eigenvalue weighted by atomic mass is 16.2. The van der Waals surface area contributed by atoms with Gasteiger partial charge in [-0.2, -0.15) is 0 Å². The molecule has 112 valence electrons. The molecule has 0 saturated heterocycles. The van der Waals surface area contributed by atoms with Gasteiger partial charge in [-0.05, 0) is 12.8 Å². The van der Waals surface area contributed by atoms with Gasteiger partial charge in [0.05, 0.1) is 0 Å². The maximum atomic E-state index is 11.0. The Morgan fingerprint density at radius 1 is 0.895 bits per heavy atom. The highest BCUT2D eigenvalue weighted by molar-refractivity contribution is 5.72. The summed E-state index contributed by atoms with van der Waals surface area (Å²) in [4.78, 5) is 12.7. The number of hydrogen-bond acceptors (Lipinski definition) is 1. The van der Waals surface area contributed by atoms with E-state index in [0.29, 0.717) is 0 Å². The number of nitrogens with zero attached hydrogens (tertiary/aromatic N) is 1. The summed E-state index contributed by atoms with van der Waals surface area (Å²) in [5.41, 5.74) is 0. The Kier molecular flexibility index (Phi) is 13.1. The zero-order valence-electron chi connectivity index (χ0n) is 13.3. The fourth-order valence-electron chi connectivity index (χ4n) is 2.05. The molecule has 0 aliphatic heterocycles. The van der Waals surface area contributed by atoms with Crippen LogP contribution in [0.1, 0.15) is 78.1 Å². The van der Waals surface area contributed by atoms with Crippen molar-refractivity contribution < 1.29 is 4.79 Å². The summed E-state index contributed by atoms with van der Waals surface area (Å²) in [6.45, 7) is 4.61. The summed E-state index contributed by atoms with van der Waals surface area (Å²) < 4.78 is 0. The molecule has 0 bridgehead atoms. The average molecular weight is 267 g/mol. The molecule has 0 atom stereocenters. The van der Waals surface area contributed by atoms with Gasteiger partial charge in [-0.25, -0.2) is 0 Å². The monoisotopic (exact) mass is 267 g/mol. The van der Waals surface area contributed by atoms with Gasteiger partial charge in [-0.3, -0.25) is 4.79 Å². The number of likely N-dealkylation sites (N-methyl/N-ethyl adjacent to an activating group) is 1. The first kappa shape index (κ1) is 18.2. The average Bonchev–Trinajstić information content (AvgIpc) is 2.39. The first-order chi connectivity index (χ1) is 9.18. The third-order valence-corrected chi connectivity index (χ3v) is 3.56. The molecule has 0 aromatic rings. The first-order valence-corrected chi connectivity index (χ1v) is 8.05. The van der Waals surface area contributed by atoms with Crippen LogP contribution in [0.4, 0.5) is 0 Å². The molecular weight excluding hydrogens is 234 g/mol. The van der Waals surface area contributed by atoms with Gasteiger partial charge in [-0.15, -0.1) is 0 Å². The Labute approximate surface area is 120 Å². The van der Waals surface area contributed by atoms with E-state index in [4.69, 9.17) is 0 Å². The van der Waals surface area contributed by atoms with E-state index >= 15 is 0 Å². The van der Waals surface area contributed by atoms with Gasteiger partial charge in [-0.1, -0.05) is 70.4 Å². The number of carbonyl (C=O) groups excluding carboxylic acids is 1. The lowest BCUT2D eigenvalue weighted by Gasteiger charge is -2.10. The van der Waals surface area contributed by atoms with Gasteiger partial charge >= 0.3 is 0 Å². The molecule has 0 aliphatic rings. The van der Waals surface area contributed by atoms with Crippen LogP contribution in [0.5, 0.6) is 0 Å². The maximum Gasteiger partial charge on any atom is 0.219 e. The topological polar surface area (TPSA) is 20.3 Å². The summed E-state index contributed by atoms with van der Waals surface area (Å²) in [6, 6.07) is 0. The van der Waals surface area contributed by atoms with Crippen molar-refractivity contribution in [3.63, 3.8) is 0 Å². The van der Waals surface area contributed by atoms with Crippen LogP contribution in [0.25, 0.3) is 0 Å². The number of hydrogen-bond donors (Lipinski definition) is 0. The molecule has 0 aromatic carbocycles. The molecule has 2 nitrogen and oxygen atoms in total. The van der Waals surface area contributed by atoms with Crippen LogP contribution in [0.2, 0.25) is 0 Å². The molecule has 0 heterocycles. The molecule has 0 radical (unpaired) electrons. The molecule has 0 aromatic heterocycles. The fourth-order valence-corrected chi connectivity index (χ4v) is 2.05. The van der Waals surface area contributed by atoms with Crippen molar-refractivity contribution >= 4 is 5.91 Å². The molecule has 2 heteroatoms. The molecule has 0 N–H and O–H groups in total. The van der Waals surface area contributed by atoms with Crippen molar-refractivity contribution in [3.05, 3.63) is 12.2 Å². The second-order valence-electron chi connectivity index (χ2n) is 5.49. The second-order valence-corrected chi connectivity index (χ2v) is 5.49. The van der Waals surface area contributed by atoms with Crippen molar-refractivity contribution in [3.8, 4) is 0 Å². The predicted octanol–water partition coefficient (Wildman–Crippen LogP) is 4.94. The van der Waals surface area contributed by atoms with E-state index in [0.717, 1.165) is 13.0 Å². The van der Waals surface area contributed by atoms with Gasteiger partial charge in [0.1, 0.15) is 0 Å². The molecule has 0 fully saturated rings. The molecule has 1 amide bonds. The van der Waals surface area contributed by atoms with Crippen molar-refractivity contribution in [1.82, 2.24) is 4.90 Å². The molecule has 0 rings (SSSR count). The lowest BCUT2D eigenvalue weighted by Crippen LogP contribution is -2.23. The largest absolute Gasteiger partial charge is 0.342 e. The van der Waals surface area contributed by atoms with E-state index in [1.807, 2.05) is 7.05 Å². The van der Waals surface area contributed by atoms with Crippen LogP contribution in [-0.4, -0.2) is 24.4 Å². The van der Waals surface area contributed by atoms with E-state index in [1.165, 1.54) is 57.8 Å². The Bertz CT molecular complexity index is 235. The molecule has 0 spiro atoms. The Hall–Kier alpha value is -0.790. The van der Waals surface area contributed by atoms with Crippen molar-refractivity contribution in [2.24, 2.45) is 0 Å². The minimum absolute atomic E-state index is 0.132. The lowest BCUT2D eigenvalue weighted by molar-refractivity contribution is -0.127. The summed E-state index contributed by atoms with van der Waals surface area (Å²) in [5.74, 6) is 0.132. The summed E-state index contributed by atoms with van der Waals surface area (Å²) in [5, 5.41) is 0. The molecule has 0 aliphatic carbocycles. The Morgan fingerprint density at radius 3 is 1.95 bits per heavy atom. The van der Waals surface area contributed by atoms with Crippen molar-refractivity contribution in [1.29, 1.82) is 0 Å². The standard InChI is InChI=1S/C17H33NO/c1-4-5-6-7-8-9-10-11-12-13-14-15-16-18(3)17(2)19/h14-15H,4-13,16H2,1-3H3. The zero-order valence-corrected chi connectivity index (χ0v) is 13.3. The quantitative estimate of drug-likeness (QED) is 0.362. The van der Waals surface area contributed by atoms with E-state index in [9.17, 15) is 4.79 Å². The third kappa shape index (κ3) is 13.4. The van der Waals surface area contributed by atoms with E-state index < -0.39 is 0 Å². The lowest BCUT2D eigenvalue weighted by atomic mass is 10.1. The minimum atomic E-state index is 0.132. The van der Waals surface area contributed by atoms with Gasteiger partial charge in [0.25, 0.3) is 0 Å².